The Hall–Kier alpha value is -0.160. The molecule has 0 aromatic heterocycles. The Bertz CT molecular complexity index is 259. The predicted octanol–water partition coefficient (Wildman–Crippen LogP) is 1.60. The van der Waals surface area contributed by atoms with E-state index in [9.17, 15) is 0 Å². The predicted molar refractivity (Wildman–Crippen MR) is 77.5 cm³/mol. The molecule has 0 aromatic carbocycles. The molecule has 0 radical (unpaired) electrons. The van der Waals surface area contributed by atoms with Gasteiger partial charge in [0.05, 0.1) is 18.8 Å². The van der Waals surface area contributed by atoms with E-state index in [0.717, 1.165) is 45.5 Å². The molecule has 0 amide bonds. The van der Waals surface area contributed by atoms with Gasteiger partial charge in [-0.1, -0.05) is 13.8 Å². The van der Waals surface area contributed by atoms with Crippen LogP contribution in [0.3, 0.4) is 0 Å². The van der Waals surface area contributed by atoms with Gasteiger partial charge in [-0.05, 0) is 32.4 Å². The minimum Gasteiger partial charge on any atom is -0.381 e. The van der Waals surface area contributed by atoms with Crippen molar-refractivity contribution in [2.45, 2.75) is 51.4 Å². The van der Waals surface area contributed by atoms with Crippen molar-refractivity contribution in [3.8, 4) is 0 Å². The molecule has 1 heterocycles. The molecule has 1 aliphatic heterocycles. The van der Waals surface area contributed by atoms with Crippen LogP contribution in [0.5, 0.6) is 0 Å². The Morgan fingerprint density at radius 1 is 1.26 bits per heavy atom. The van der Waals surface area contributed by atoms with Crippen molar-refractivity contribution in [2.75, 3.05) is 46.4 Å². The van der Waals surface area contributed by atoms with E-state index in [1.807, 2.05) is 7.11 Å². The zero-order valence-electron chi connectivity index (χ0n) is 12.8. The van der Waals surface area contributed by atoms with Crippen LogP contribution in [0.25, 0.3) is 0 Å². The second kappa shape index (κ2) is 7.58. The number of hydrogen-bond acceptors (Lipinski definition) is 4. The molecule has 1 saturated heterocycles. The van der Waals surface area contributed by atoms with Crippen molar-refractivity contribution < 1.29 is 9.47 Å². The van der Waals surface area contributed by atoms with Crippen LogP contribution in [0.1, 0.15) is 33.1 Å². The molecule has 4 nitrogen and oxygen atoms in total. The summed E-state index contributed by atoms with van der Waals surface area (Å²) in [6.45, 7) is 11.1. The molecule has 19 heavy (non-hydrogen) atoms. The topological polar surface area (TPSA) is 24.9 Å². The first-order valence-electron chi connectivity index (χ1n) is 7.89. The van der Waals surface area contributed by atoms with Crippen LogP contribution in [-0.4, -0.2) is 74.5 Å². The summed E-state index contributed by atoms with van der Waals surface area (Å²) in [5, 5.41) is 0. The van der Waals surface area contributed by atoms with Gasteiger partial charge in [-0.3, -0.25) is 4.90 Å². The first kappa shape index (κ1) is 15.2. The number of nitrogens with zero attached hydrogens (tertiary/aromatic N) is 2. The van der Waals surface area contributed by atoms with Crippen LogP contribution >= 0.6 is 0 Å². The number of methoxy groups -OCH3 is 1. The number of likely N-dealkylation sites (N-methyl/N-ethyl adjacent to an activating group) is 1. The maximum absolute atomic E-state index is 5.95. The molecule has 0 spiro atoms. The molecule has 2 rings (SSSR count). The highest BCUT2D eigenvalue weighted by Gasteiger charge is 2.37. The third-order valence-corrected chi connectivity index (χ3v) is 4.82. The average molecular weight is 270 g/mol. The highest BCUT2D eigenvalue weighted by atomic mass is 16.5. The maximum Gasteiger partial charge on any atom is 0.0732 e. The molecule has 2 fully saturated rings. The summed E-state index contributed by atoms with van der Waals surface area (Å²) in [5.41, 5.74) is 0. The van der Waals surface area contributed by atoms with E-state index in [2.05, 4.69) is 23.6 Å². The lowest BCUT2D eigenvalue weighted by Crippen LogP contribution is -2.56. The van der Waals surface area contributed by atoms with Gasteiger partial charge in [-0.25, -0.2) is 0 Å². The number of hydrogen-bond donors (Lipinski definition) is 0. The first-order valence-corrected chi connectivity index (χ1v) is 7.89. The fraction of sp³-hybridized carbons (Fsp3) is 1.00. The molecule has 4 heteroatoms. The van der Waals surface area contributed by atoms with E-state index in [-0.39, 0.29) is 0 Å². The standard InChI is InChI=1S/C15H30N2O2/c1-4-16(5-2)8-9-17-10-11-19-15-7-6-13(18-3)12-14(15)17/h13-15H,4-12H2,1-3H3/t13-,14+,15+/m0/s1. The highest BCUT2D eigenvalue weighted by molar-refractivity contribution is 4.91. The molecule has 0 unspecified atom stereocenters. The lowest BCUT2D eigenvalue weighted by atomic mass is 9.88. The molecule has 0 aromatic rings. The van der Waals surface area contributed by atoms with Gasteiger partial charge < -0.3 is 14.4 Å². The highest BCUT2D eigenvalue weighted by Crippen LogP contribution is 2.29. The van der Waals surface area contributed by atoms with Crippen molar-refractivity contribution in [3.05, 3.63) is 0 Å². The first-order chi connectivity index (χ1) is 9.28. The van der Waals surface area contributed by atoms with Crippen LogP contribution in [0, 0.1) is 0 Å². The summed E-state index contributed by atoms with van der Waals surface area (Å²) >= 11 is 0. The Morgan fingerprint density at radius 2 is 2.05 bits per heavy atom. The zero-order chi connectivity index (χ0) is 13.7. The Balaban J connectivity index is 1.87. The summed E-state index contributed by atoms with van der Waals surface area (Å²) in [4.78, 5) is 5.14. The second-order valence-electron chi connectivity index (χ2n) is 5.71. The van der Waals surface area contributed by atoms with Crippen LogP contribution < -0.4 is 0 Å². The van der Waals surface area contributed by atoms with Crippen molar-refractivity contribution >= 4 is 0 Å². The smallest absolute Gasteiger partial charge is 0.0732 e. The third-order valence-electron chi connectivity index (χ3n) is 4.82. The van der Waals surface area contributed by atoms with Gasteiger partial charge in [-0.2, -0.15) is 0 Å². The normalized spacial score (nSPS) is 32.5. The van der Waals surface area contributed by atoms with Crippen molar-refractivity contribution in [1.82, 2.24) is 9.80 Å². The molecule has 1 aliphatic carbocycles. The molecule has 2 aliphatic rings. The molecule has 0 N–H and O–H groups in total. The average Bonchev–Trinajstić information content (AvgIpc) is 2.47. The molecular weight excluding hydrogens is 240 g/mol. The molecule has 0 bridgehead atoms. The molecule has 3 atom stereocenters. The largest absolute Gasteiger partial charge is 0.381 e. The monoisotopic (exact) mass is 270 g/mol. The third kappa shape index (κ3) is 3.91. The molecule has 1 saturated carbocycles. The quantitative estimate of drug-likeness (QED) is 0.732. The van der Waals surface area contributed by atoms with Gasteiger partial charge in [0, 0.05) is 32.8 Å². The van der Waals surface area contributed by atoms with Gasteiger partial charge in [0.2, 0.25) is 0 Å². The van der Waals surface area contributed by atoms with Gasteiger partial charge in [0.25, 0.3) is 0 Å². The van der Waals surface area contributed by atoms with Crippen LogP contribution in [0.15, 0.2) is 0 Å². The Morgan fingerprint density at radius 3 is 2.74 bits per heavy atom. The fourth-order valence-electron chi connectivity index (χ4n) is 3.45. The van der Waals surface area contributed by atoms with E-state index >= 15 is 0 Å². The summed E-state index contributed by atoms with van der Waals surface area (Å²) in [7, 11) is 1.84. The van der Waals surface area contributed by atoms with Gasteiger partial charge in [0.15, 0.2) is 0 Å². The van der Waals surface area contributed by atoms with Crippen LogP contribution in [-0.2, 0) is 9.47 Å². The van der Waals surface area contributed by atoms with Crippen molar-refractivity contribution in [3.63, 3.8) is 0 Å². The van der Waals surface area contributed by atoms with Crippen molar-refractivity contribution in [1.29, 1.82) is 0 Å². The Kier molecular flexibility index (Phi) is 6.07. The minimum atomic E-state index is 0.430. The number of rotatable bonds is 6. The summed E-state index contributed by atoms with van der Waals surface area (Å²) in [6, 6.07) is 0.572. The second-order valence-corrected chi connectivity index (χ2v) is 5.71. The van der Waals surface area contributed by atoms with E-state index in [1.165, 1.54) is 13.1 Å². The number of ether oxygens (including phenoxy) is 2. The van der Waals surface area contributed by atoms with Gasteiger partial charge >= 0.3 is 0 Å². The van der Waals surface area contributed by atoms with Crippen LogP contribution in [0.4, 0.5) is 0 Å². The fourth-order valence-corrected chi connectivity index (χ4v) is 3.45. The van der Waals surface area contributed by atoms with Gasteiger partial charge in [0.1, 0.15) is 0 Å². The maximum atomic E-state index is 5.95. The number of fused-ring (bicyclic) bond motifs is 1. The minimum absolute atomic E-state index is 0.430. The Labute approximate surface area is 118 Å². The van der Waals surface area contributed by atoms with E-state index < -0.39 is 0 Å². The summed E-state index contributed by atoms with van der Waals surface area (Å²) in [5.74, 6) is 0. The van der Waals surface area contributed by atoms with Gasteiger partial charge in [-0.15, -0.1) is 0 Å². The van der Waals surface area contributed by atoms with E-state index in [1.54, 1.807) is 0 Å². The lowest BCUT2D eigenvalue weighted by molar-refractivity contribution is -0.114. The zero-order valence-corrected chi connectivity index (χ0v) is 12.8. The molecular formula is C15H30N2O2. The van der Waals surface area contributed by atoms with E-state index in [4.69, 9.17) is 9.47 Å². The molecule has 112 valence electrons. The summed E-state index contributed by atoms with van der Waals surface area (Å²) < 4.78 is 11.5. The SMILES string of the molecule is CCN(CC)CCN1CCO[C@@H]2CC[C@H](OC)C[C@H]21. The van der Waals surface area contributed by atoms with Crippen LogP contribution in [0.2, 0.25) is 0 Å². The number of morpholine rings is 1. The van der Waals surface area contributed by atoms with Crippen molar-refractivity contribution in [2.24, 2.45) is 0 Å². The van der Waals surface area contributed by atoms with E-state index in [0.29, 0.717) is 18.2 Å². The lowest BCUT2D eigenvalue weighted by Gasteiger charge is -2.46. The summed E-state index contributed by atoms with van der Waals surface area (Å²) in [6.07, 6.45) is 4.32.